The standard InChI is InChI=1S/C13H18N6/c14-8-10-2-1-7-18(10)12-6-5-11-15-16-13(9-3-4-9)19(11)17-12/h5-6,9-10H,1-4,7-8,14H2/t10-/m1/s1. The minimum atomic E-state index is 0.422. The van der Waals surface area contributed by atoms with E-state index >= 15 is 0 Å². The van der Waals surface area contributed by atoms with Crippen LogP contribution in [-0.4, -0.2) is 38.9 Å². The fraction of sp³-hybridized carbons (Fsp3) is 0.615. The second-order valence-electron chi connectivity index (χ2n) is 5.52. The van der Waals surface area contributed by atoms with Gasteiger partial charge >= 0.3 is 0 Å². The van der Waals surface area contributed by atoms with Crippen molar-refractivity contribution in [3.63, 3.8) is 0 Å². The van der Waals surface area contributed by atoms with Crippen molar-refractivity contribution in [3.8, 4) is 0 Å². The molecule has 1 atom stereocenters. The van der Waals surface area contributed by atoms with Gasteiger partial charge in [-0.2, -0.15) is 4.52 Å². The average Bonchev–Trinajstić information content (AvgIpc) is 3.04. The molecule has 4 rings (SSSR count). The summed E-state index contributed by atoms with van der Waals surface area (Å²) in [6, 6.07) is 4.47. The van der Waals surface area contributed by atoms with Gasteiger partial charge in [0, 0.05) is 25.0 Å². The van der Waals surface area contributed by atoms with Crippen LogP contribution in [0.4, 0.5) is 5.82 Å². The molecule has 0 bridgehead atoms. The third-order valence-corrected chi connectivity index (χ3v) is 4.16. The Bertz CT molecular complexity index is 602. The van der Waals surface area contributed by atoms with Crippen molar-refractivity contribution in [2.24, 2.45) is 5.73 Å². The van der Waals surface area contributed by atoms with E-state index in [1.807, 2.05) is 16.6 Å². The number of aromatic nitrogens is 4. The summed E-state index contributed by atoms with van der Waals surface area (Å²) in [5, 5.41) is 13.2. The number of nitrogens with two attached hydrogens (primary N) is 1. The SMILES string of the molecule is NC[C@H]1CCCN1c1ccc2nnc(C3CC3)n2n1. The number of hydrogen-bond acceptors (Lipinski definition) is 5. The molecule has 0 radical (unpaired) electrons. The summed E-state index contributed by atoms with van der Waals surface area (Å²) in [5.74, 6) is 2.57. The first-order valence-electron chi connectivity index (χ1n) is 7.06. The van der Waals surface area contributed by atoms with Crippen molar-refractivity contribution >= 4 is 11.5 Å². The highest BCUT2D eigenvalue weighted by Gasteiger charge is 2.30. The Morgan fingerprint density at radius 3 is 2.89 bits per heavy atom. The van der Waals surface area contributed by atoms with Gasteiger partial charge in [-0.05, 0) is 37.8 Å². The molecule has 0 unspecified atom stereocenters. The third kappa shape index (κ3) is 1.78. The molecule has 0 spiro atoms. The van der Waals surface area contributed by atoms with Gasteiger partial charge in [-0.3, -0.25) is 0 Å². The van der Waals surface area contributed by atoms with Crippen molar-refractivity contribution < 1.29 is 0 Å². The van der Waals surface area contributed by atoms with Gasteiger partial charge in [-0.25, -0.2) is 0 Å². The fourth-order valence-corrected chi connectivity index (χ4v) is 2.93. The van der Waals surface area contributed by atoms with Gasteiger partial charge in [0.15, 0.2) is 11.5 Å². The fourth-order valence-electron chi connectivity index (χ4n) is 2.93. The van der Waals surface area contributed by atoms with Crippen molar-refractivity contribution in [2.45, 2.75) is 37.6 Å². The van der Waals surface area contributed by atoms with Crippen LogP contribution in [0.25, 0.3) is 5.65 Å². The maximum atomic E-state index is 5.84. The number of rotatable bonds is 3. The smallest absolute Gasteiger partial charge is 0.178 e. The predicted molar refractivity (Wildman–Crippen MR) is 72.2 cm³/mol. The highest BCUT2D eigenvalue weighted by molar-refractivity contribution is 5.47. The van der Waals surface area contributed by atoms with E-state index < -0.39 is 0 Å². The molecule has 100 valence electrons. The Labute approximate surface area is 111 Å². The normalized spacial score (nSPS) is 23.4. The Hall–Kier alpha value is -1.69. The lowest BCUT2D eigenvalue weighted by molar-refractivity contribution is 0.663. The molecular formula is C13H18N6. The molecular weight excluding hydrogens is 240 g/mol. The summed E-state index contributed by atoms with van der Waals surface area (Å²) < 4.78 is 1.92. The molecule has 0 amide bonds. The zero-order chi connectivity index (χ0) is 12.8. The minimum Gasteiger partial charge on any atom is -0.351 e. The average molecular weight is 258 g/mol. The zero-order valence-electron chi connectivity index (χ0n) is 10.9. The second kappa shape index (κ2) is 4.16. The molecule has 1 saturated carbocycles. The van der Waals surface area contributed by atoms with Gasteiger partial charge < -0.3 is 10.6 Å². The van der Waals surface area contributed by atoms with Crippen LogP contribution in [0.2, 0.25) is 0 Å². The predicted octanol–water partition coefficient (Wildman–Crippen LogP) is 0.929. The molecule has 2 aliphatic rings. The topological polar surface area (TPSA) is 72.3 Å². The van der Waals surface area contributed by atoms with E-state index in [9.17, 15) is 0 Å². The third-order valence-electron chi connectivity index (χ3n) is 4.16. The van der Waals surface area contributed by atoms with E-state index in [0.717, 1.165) is 30.3 Å². The van der Waals surface area contributed by atoms with E-state index in [0.29, 0.717) is 18.5 Å². The largest absolute Gasteiger partial charge is 0.351 e. The van der Waals surface area contributed by atoms with Gasteiger partial charge in [0.25, 0.3) is 0 Å². The van der Waals surface area contributed by atoms with Crippen molar-refractivity contribution in [1.29, 1.82) is 0 Å². The van der Waals surface area contributed by atoms with E-state index in [4.69, 9.17) is 10.8 Å². The highest BCUT2D eigenvalue weighted by atomic mass is 15.4. The molecule has 19 heavy (non-hydrogen) atoms. The van der Waals surface area contributed by atoms with Crippen molar-refractivity contribution in [2.75, 3.05) is 18.0 Å². The maximum absolute atomic E-state index is 5.84. The molecule has 6 nitrogen and oxygen atoms in total. The molecule has 2 fully saturated rings. The summed E-state index contributed by atoms with van der Waals surface area (Å²) >= 11 is 0. The van der Waals surface area contributed by atoms with Crippen LogP contribution in [0.1, 0.15) is 37.4 Å². The monoisotopic (exact) mass is 258 g/mol. The van der Waals surface area contributed by atoms with E-state index in [2.05, 4.69) is 15.1 Å². The van der Waals surface area contributed by atoms with Crippen LogP contribution in [0.3, 0.4) is 0 Å². The van der Waals surface area contributed by atoms with Gasteiger partial charge in [0.2, 0.25) is 0 Å². The molecule has 2 aromatic heterocycles. The molecule has 2 N–H and O–H groups in total. The van der Waals surface area contributed by atoms with E-state index in [-0.39, 0.29) is 0 Å². The van der Waals surface area contributed by atoms with Crippen LogP contribution in [0.5, 0.6) is 0 Å². The molecule has 0 aromatic carbocycles. The summed E-state index contributed by atoms with van der Waals surface area (Å²) in [7, 11) is 0. The summed E-state index contributed by atoms with van der Waals surface area (Å²) in [6.45, 7) is 1.73. The number of nitrogens with zero attached hydrogens (tertiary/aromatic N) is 5. The lowest BCUT2D eigenvalue weighted by Gasteiger charge is -2.24. The van der Waals surface area contributed by atoms with Crippen LogP contribution in [0.15, 0.2) is 12.1 Å². The Morgan fingerprint density at radius 1 is 1.21 bits per heavy atom. The lowest BCUT2D eigenvalue weighted by Crippen LogP contribution is -2.36. The van der Waals surface area contributed by atoms with Gasteiger partial charge in [0.05, 0.1) is 0 Å². The minimum absolute atomic E-state index is 0.422. The first-order valence-corrected chi connectivity index (χ1v) is 7.06. The van der Waals surface area contributed by atoms with Crippen molar-refractivity contribution in [3.05, 3.63) is 18.0 Å². The molecule has 1 saturated heterocycles. The number of hydrogen-bond donors (Lipinski definition) is 1. The molecule has 1 aliphatic carbocycles. The number of fused-ring (bicyclic) bond motifs is 1. The van der Waals surface area contributed by atoms with E-state index in [1.165, 1.54) is 19.3 Å². The van der Waals surface area contributed by atoms with Crippen LogP contribution in [0, 0.1) is 0 Å². The van der Waals surface area contributed by atoms with E-state index in [1.54, 1.807) is 0 Å². The first kappa shape index (κ1) is 11.2. The summed E-state index contributed by atoms with van der Waals surface area (Å²) in [6.07, 6.45) is 4.77. The van der Waals surface area contributed by atoms with Gasteiger partial charge in [-0.15, -0.1) is 15.3 Å². The summed E-state index contributed by atoms with van der Waals surface area (Å²) in [5.41, 5.74) is 6.68. The van der Waals surface area contributed by atoms with Crippen LogP contribution < -0.4 is 10.6 Å². The zero-order valence-corrected chi connectivity index (χ0v) is 10.9. The van der Waals surface area contributed by atoms with Gasteiger partial charge in [-0.1, -0.05) is 0 Å². The first-order chi connectivity index (χ1) is 9.36. The molecule has 3 heterocycles. The second-order valence-corrected chi connectivity index (χ2v) is 5.52. The van der Waals surface area contributed by atoms with Crippen LogP contribution in [-0.2, 0) is 0 Å². The molecule has 6 heteroatoms. The lowest BCUT2D eigenvalue weighted by atomic mass is 10.2. The molecule has 2 aromatic rings. The Morgan fingerprint density at radius 2 is 2.11 bits per heavy atom. The quantitative estimate of drug-likeness (QED) is 0.886. The number of anilines is 1. The maximum Gasteiger partial charge on any atom is 0.178 e. The van der Waals surface area contributed by atoms with Crippen molar-refractivity contribution in [1.82, 2.24) is 19.8 Å². The highest BCUT2D eigenvalue weighted by Crippen LogP contribution is 2.38. The summed E-state index contributed by atoms with van der Waals surface area (Å²) in [4.78, 5) is 2.32. The Kier molecular flexibility index (Phi) is 2.44. The molecule has 1 aliphatic heterocycles. The van der Waals surface area contributed by atoms with Crippen LogP contribution >= 0.6 is 0 Å². The Balaban J connectivity index is 1.75. The van der Waals surface area contributed by atoms with Gasteiger partial charge in [0.1, 0.15) is 5.82 Å².